The minimum atomic E-state index is -0.394. The topological polar surface area (TPSA) is 44.8 Å². The number of unbranched alkanes of at least 4 members (excludes halogenated alkanes) is 2. The largest absolute Gasteiger partial charge is 0.493 e. The number of hydrogen-bond donors (Lipinski definition) is 0. The maximum Gasteiger partial charge on any atom is 0.338 e. The minimum Gasteiger partial charge on any atom is -0.493 e. The summed E-state index contributed by atoms with van der Waals surface area (Å²) in [4.78, 5) is 12.5. The maximum absolute atomic E-state index is 12.5. The van der Waals surface area contributed by atoms with Gasteiger partial charge in [0.25, 0.3) is 0 Å². The van der Waals surface area contributed by atoms with Gasteiger partial charge in [0.2, 0.25) is 0 Å². The number of methoxy groups -OCH3 is 1. The van der Waals surface area contributed by atoms with Crippen LogP contribution in [-0.2, 0) is 16.0 Å². The van der Waals surface area contributed by atoms with Crippen molar-refractivity contribution in [2.45, 2.75) is 51.9 Å². The maximum atomic E-state index is 12.5. The molecule has 0 unspecified atom stereocenters. The highest BCUT2D eigenvalue weighted by molar-refractivity contribution is 5.90. The number of aryl methyl sites for hydroxylation is 1. The third kappa shape index (κ3) is 6.70. The summed E-state index contributed by atoms with van der Waals surface area (Å²) in [5.41, 5.74) is 3.99. The molecule has 2 aromatic carbocycles. The molecule has 1 heterocycles. The molecule has 0 bridgehead atoms. The number of rotatable bonds is 10. The zero-order chi connectivity index (χ0) is 22.1. The lowest BCUT2D eigenvalue weighted by molar-refractivity contribution is -0.130. The molecule has 1 fully saturated rings. The average molecular weight is 423 g/mol. The lowest BCUT2D eigenvalue weighted by Crippen LogP contribution is -2.19. The quantitative estimate of drug-likeness (QED) is 0.193. The Morgan fingerprint density at radius 1 is 1.03 bits per heavy atom. The highest BCUT2D eigenvalue weighted by Gasteiger charge is 2.20. The van der Waals surface area contributed by atoms with Gasteiger partial charge in [-0.2, -0.15) is 0 Å². The number of carbonyl (C=O) groups is 1. The Balaban J connectivity index is 1.63. The normalized spacial score (nSPS) is 14.3. The van der Waals surface area contributed by atoms with Crippen molar-refractivity contribution in [1.29, 1.82) is 0 Å². The van der Waals surface area contributed by atoms with E-state index in [0.29, 0.717) is 29.4 Å². The molecule has 31 heavy (non-hydrogen) atoms. The van der Waals surface area contributed by atoms with Crippen molar-refractivity contribution < 1.29 is 19.0 Å². The summed E-state index contributed by atoms with van der Waals surface area (Å²) in [6.45, 7) is 7.67. The van der Waals surface area contributed by atoms with Crippen molar-refractivity contribution in [1.82, 2.24) is 0 Å². The monoisotopic (exact) mass is 422 g/mol. The second-order valence-corrected chi connectivity index (χ2v) is 8.27. The van der Waals surface area contributed by atoms with Crippen molar-refractivity contribution in [3.8, 4) is 22.6 Å². The van der Waals surface area contributed by atoms with Gasteiger partial charge in [-0.25, -0.2) is 4.79 Å². The van der Waals surface area contributed by atoms with Gasteiger partial charge < -0.3 is 14.2 Å². The standard InChI is InChI=1S/C27H34O4/c1-4-5-6-7-21-8-10-23(11-9-21)24-12-13-25(26(19-24)29-3)31-27(28)20(2)18-22-14-16-30-17-15-22/h8-13,19,22H,2,4-7,14-18H2,1,3H3. The summed E-state index contributed by atoms with van der Waals surface area (Å²) in [6.07, 6.45) is 7.41. The van der Waals surface area contributed by atoms with E-state index in [1.165, 1.54) is 24.8 Å². The Bertz CT molecular complexity index is 863. The summed E-state index contributed by atoms with van der Waals surface area (Å²) < 4.78 is 16.5. The highest BCUT2D eigenvalue weighted by Crippen LogP contribution is 2.33. The van der Waals surface area contributed by atoms with Gasteiger partial charge in [0, 0.05) is 18.8 Å². The lowest BCUT2D eigenvalue weighted by atomic mass is 9.93. The van der Waals surface area contributed by atoms with E-state index in [1.807, 2.05) is 12.1 Å². The van der Waals surface area contributed by atoms with Gasteiger partial charge in [-0.05, 0) is 66.8 Å². The van der Waals surface area contributed by atoms with Gasteiger partial charge in [0.15, 0.2) is 11.5 Å². The molecule has 0 radical (unpaired) electrons. The molecule has 0 N–H and O–H groups in total. The fraction of sp³-hybridized carbons (Fsp3) is 0.444. The molecular weight excluding hydrogens is 388 g/mol. The van der Waals surface area contributed by atoms with Gasteiger partial charge in [-0.1, -0.05) is 56.7 Å². The fourth-order valence-electron chi connectivity index (χ4n) is 3.93. The lowest BCUT2D eigenvalue weighted by Gasteiger charge is -2.22. The van der Waals surface area contributed by atoms with Crippen molar-refractivity contribution in [3.05, 3.63) is 60.2 Å². The molecule has 1 saturated heterocycles. The molecule has 1 aliphatic rings. The molecule has 4 nitrogen and oxygen atoms in total. The Morgan fingerprint density at radius 2 is 1.74 bits per heavy atom. The van der Waals surface area contributed by atoms with Crippen LogP contribution in [0.4, 0.5) is 0 Å². The summed E-state index contributed by atoms with van der Waals surface area (Å²) in [7, 11) is 1.59. The number of ether oxygens (including phenoxy) is 3. The third-order valence-corrected chi connectivity index (χ3v) is 5.89. The molecule has 0 aliphatic carbocycles. The van der Waals surface area contributed by atoms with Crippen LogP contribution in [0.25, 0.3) is 11.1 Å². The molecule has 0 saturated carbocycles. The van der Waals surface area contributed by atoms with Gasteiger partial charge in [0.05, 0.1) is 7.11 Å². The van der Waals surface area contributed by atoms with E-state index in [9.17, 15) is 4.79 Å². The molecule has 166 valence electrons. The zero-order valence-electron chi connectivity index (χ0n) is 18.8. The number of hydrogen-bond acceptors (Lipinski definition) is 4. The number of esters is 1. The van der Waals surface area contributed by atoms with E-state index < -0.39 is 5.97 Å². The first kappa shape index (κ1) is 23.1. The molecule has 0 aromatic heterocycles. The molecule has 1 aliphatic heterocycles. The molecule has 0 atom stereocenters. The van der Waals surface area contributed by atoms with E-state index in [-0.39, 0.29) is 0 Å². The van der Waals surface area contributed by atoms with Crippen LogP contribution in [0.2, 0.25) is 0 Å². The summed E-state index contributed by atoms with van der Waals surface area (Å²) in [5, 5.41) is 0. The summed E-state index contributed by atoms with van der Waals surface area (Å²) in [5.74, 6) is 0.995. The van der Waals surface area contributed by atoms with Crippen LogP contribution in [0.15, 0.2) is 54.6 Å². The van der Waals surface area contributed by atoms with E-state index in [2.05, 4.69) is 37.8 Å². The Kier molecular flexibility index (Phi) is 8.72. The Labute approximate surface area is 186 Å². The molecule has 0 amide bonds. The van der Waals surface area contributed by atoms with Crippen LogP contribution in [0.5, 0.6) is 11.5 Å². The number of carbonyl (C=O) groups excluding carboxylic acids is 1. The van der Waals surface area contributed by atoms with Crippen molar-refractivity contribution in [2.24, 2.45) is 5.92 Å². The van der Waals surface area contributed by atoms with Crippen LogP contribution in [-0.4, -0.2) is 26.3 Å². The van der Waals surface area contributed by atoms with Gasteiger partial charge in [0.1, 0.15) is 0 Å². The predicted molar refractivity (Wildman–Crippen MR) is 125 cm³/mol. The first-order valence-corrected chi connectivity index (χ1v) is 11.4. The highest BCUT2D eigenvalue weighted by atomic mass is 16.6. The molecular formula is C27H34O4. The summed E-state index contributed by atoms with van der Waals surface area (Å²) >= 11 is 0. The van der Waals surface area contributed by atoms with Crippen LogP contribution < -0.4 is 9.47 Å². The van der Waals surface area contributed by atoms with Crippen molar-refractivity contribution in [3.63, 3.8) is 0 Å². The first-order chi connectivity index (χ1) is 15.1. The first-order valence-electron chi connectivity index (χ1n) is 11.4. The molecule has 3 rings (SSSR count). The van der Waals surface area contributed by atoms with Crippen LogP contribution >= 0.6 is 0 Å². The predicted octanol–water partition coefficient (Wildman–Crippen LogP) is 6.37. The van der Waals surface area contributed by atoms with Gasteiger partial charge in [-0.3, -0.25) is 0 Å². The van der Waals surface area contributed by atoms with E-state index in [1.54, 1.807) is 13.2 Å². The van der Waals surface area contributed by atoms with E-state index >= 15 is 0 Å². The van der Waals surface area contributed by atoms with Crippen LogP contribution in [0.1, 0.15) is 51.0 Å². The smallest absolute Gasteiger partial charge is 0.338 e. The minimum absolute atomic E-state index is 0.394. The molecule has 4 heteroatoms. The van der Waals surface area contributed by atoms with Crippen molar-refractivity contribution in [2.75, 3.05) is 20.3 Å². The SMILES string of the molecule is C=C(CC1CCOCC1)C(=O)Oc1ccc(-c2ccc(CCCCC)cc2)cc1OC. The zero-order valence-corrected chi connectivity index (χ0v) is 18.8. The molecule has 0 spiro atoms. The van der Waals surface area contributed by atoms with E-state index in [0.717, 1.165) is 43.6 Å². The van der Waals surface area contributed by atoms with Gasteiger partial charge in [-0.15, -0.1) is 0 Å². The Morgan fingerprint density at radius 3 is 2.42 bits per heavy atom. The van der Waals surface area contributed by atoms with Crippen LogP contribution in [0.3, 0.4) is 0 Å². The van der Waals surface area contributed by atoms with E-state index in [4.69, 9.17) is 14.2 Å². The van der Waals surface area contributed by atoms with Crippen molar-refractivity contribution >= 4 is 5.97 Å². The second kappa shape index (κ2) is 11.7. The Hall–Kier alpha value is -2.59. The fourth-order valence-corrected chi connectivity index (χ4v) is 3.93. The van der Waals surface area contributed by atoms with Gasteiger partial charge >= 0.3 is 5.97 Å². The number of benzene rings is 2. The third-order valence-electron chi connectivity index (χ3n) is 5.89. The molecule has 2 aromatic rings. The van der Waals surface area contributed by atoms with Crippen LogP contribution in [0, 0.1) is 5.92 Å². The average Bonchev–Trinajstić information content (AvgIpc) is 2.80. The second-order valence-electron chi connectivity index (χ2n) is 8.27. The summed E-state index contributed by atoms with van der Waals surface area (Å²) in [6, 6.07) is 14.3.